The second-order valence-corrected chi connectivity index (χ2v) is 2.87. The van der Waals surface area contributed by atoms with Crippen LogP contribution in [0.15, 0.2) is 29.2 Å². The third-order valence-electron chi connectivity index (χ3n) is 1.06. The predicted molar refractivity (Wildman–Crippen MR) is 67.8 cm³/mol. The van der Waals surface area contributed by atoms with Crippen LogP contribution >= 0.6 is 35.3 Å². The number of halogens is 1. The monoisotopic (exact) mass is 310 g/mol. The molecule has 4 nitrogen and oxygen atoms in total. The Labute approximate surface area is 98.0 Å². The van der Waals surface area contributed by atoms with E-state index in [9.17, 15) is 0 Å². The number of hydrogen-bond acceptors (Lipinski definition) is 3. The number of nitrogens with one attached hydrogen (secondary N) is 1. The van der Waals surface area contributed by atoms with Gasteiger partial charge in [0.25, 0.3) is 0 Å². The van der Waals surface area contributed by atoms with Gasteiger partial charge in [0.15, 0.2) is 11.1 Å². The molecule has 0 fully saturated rings. The Kier molecular flexibility index (Phi) is 6.51. The predicted octanol–water partition coefficient (Wildman–Crippen LogP) is 1.67. The summed E-state index contributed by atoms with van der Waals surface area (Å²) < 4.78 is 0. The fourth-order valence-corrected chi connectivity index (χ4v) is 1.13. The van der Waals surface area contributed by atoms with Crippen LogP contribution < -0.4 is 11.1 Å². The van der Waals surface area contributed by atoms with Crippen LogP contribution in [0.5, 0.6) is 0 Å². The van der Waals surface area contributed by atoms with E-state index in [0.29, 0.717) is 12.5 Å². The van der Waals surface area contributed by atoms with Crippen molar-refractivity contribution in [3.63, 3.8) is 0 Å². The van der Waals surface area contributed by atoms with Crippen molar-refractivity contribution >= 4 is 46.4 Å². The topological polar surface area (TPSA) is 63.3 Å². The fraction of sp³-hybridized carbons (Fsp3) is 0.143. The van der Waals surface area contributed by atoms with Gasteiger partial charge in [0.1, 0.15) is 0 Å². The molecule has 6 heteroatoms. The molecule has 1 aromatic heterocycles. The van der Waals surface area contributed by atoms with Crippen LogP contribution in [0.25, 0.3) is 0 Å². The average Bonchev–Trinajstić information content (AvgIpc) is 2.53. The number of aliphatic imine (C=N–C) groups is 1. The van der Waals surface area contributed by atoms with Crippen LogP contribution in [-0.4, -0.2) is 17.5 Å². The molecule has 0 unspecified atom stereocenters. The summed E-state index contributed by atoms with van der Waals surface area (Å²) in [6.07, 6.45) is 3.38. The van der Waals surface area contributed by atoms with Gasteiger partial charge in [-0.3, -0.25) is 0 Å². The minimum Gasteiger partial charge on any atom is -0.370 e. The molecule has 1 heterocycles. The zero-order chi connectivity index (χ0) is 8.81. The number of anilines is 1. The molecular formula is C7H11IN4S. The maximum absolute atomic E-state index is 5.51. The van der Waals surface area contributed by atoms with Gasteiger partial charge in [0.05, 0.1) is 6.54 Å². The number of thiazole rings is 1. The van der Waals surface area contributed by atoms with Crippen LogP contribution in [0.3, 0.4) is 0 Å². The first-order chi connectivity index (χ1) is 5.83. The lowest BCUT2D eigenvalue weighted by molar-refractivity contribution is 1.22. The van der Waals surface area contributed by atoms with Gasteiger partial charge in [-0.1, -0.05) is 6.08 Å². The zero-order valence-electron chi connectivity index (χ0n) is 6.93. The summed E-state index contributed by atoms with van der Waals surface area (Å²) in [5, 5.41) is 5.46. The number of nitrogens with two attached hydrogens (primary N) is 1. The van der Waals surface area contributed by atoms with E-state index in [2.05, 4.69) is 21.9 Å². The first-order valence-corrected chi connectivity index (χ1v) is 4.28. The molecule has 0 radical (unpaired) electrons. The van der Waals surface area contributed by atoms with E-state index >= 15 is 0 Å². The molecule has 0 aliphatic rings. The molecule has 0 spiro atoms. The third-order valence-corrected chi connectivity index (χ3v) is 1.75. The van der Waals surface area contributed by atoms with Crippen LogP contribution in [0, 0.1) is 0 Å². The van der Waals surface area contributed by atoms with Crippen molar-refractivity contribution < 1.29 is 0 Å². The van der Waals surface area contributed by atoms with Crippen LogP contribution in [0.1, 0.15) is 0 Å². The summed E-state index contributed by atoms with van der Waals surface area (Å²) in [5.41, 5.74) is 5.51. The lowest BCUT2D eigenvalue weighted by atomic mass is 10.6. The van der Waals surface area contributed by atoms with Crippen molar-refractivity contribution in [1.29, 1.82) is 0 Å². The lowest BCUT2D eigenvalue weighted by Crippen LogP contribution is -2.22. The summed E-state index contributed by atoms with van der Waals surface area (Å²) in [5.74, 6) is 0.366. The molecule has 0 saturated heterocycles. The fourth-order valence-electron chi connectivity index (χ4n) is 0.597. The maximum Gasteiger partial charge on any atom is 0.195 e. The second kappa shape index (κ2) is 6.84. The second-order valence-electron chi connectivity index (χ2n) is 1.98. The summed E-state index contributed by atoms with van der Waals surface area (Å²) in [7, 11) is 0. The lowest BCUT2D eigenvalue weighted by Gasteiger charge is -1.98. The van der Waals surface area contributed by atoms with Gasteiger partial charge in [0.2, 0.25) is 0 Å². The maximum atomic E-state index is 5.51. The summed E-state index contributed by atoms with van der Waals surface area (Å²) >= 11 is 1.48. The highest BCUT2D eigenvalue weighted by Crippen LogP contribution is 2.08. The van der Waals surface area contributed by atoms with Crippen molar-refractivity contribution in [1.82, 2.24) is 4.98 Å². The molecule has 1 rings (SSSR count). The Morgan fingerprint density at radius 2 is 2.62 bits per heavy atom. The van der Waals surface area contributed by atoms with Gasteiger partial charge < -0.3 is 11.1 Å². The van der Waals surface area contributed by atoms with Crippen molar-refractivity contribution in [2.75, 3.05) is 11.9 Å². The van der Waals surface area contributed by atoms with Crippen molar-refractivity contribution in [3.8, 4) is 0 Å². The molecule has 13 heavy (non-hydrogen) atoms. The van der Waals surface area contributed by atoms with Crippen molar-refractivity contribution in [3.05, 3.63) is 24.2 Å². The summed E-state index contributed by atoms with van der Waals surface area (Å²) in [4.78, 5) is 7.93. The largest absolute Gasteiger partial charge is 0.370 e. The average molecular weight is 310 g/mol. The highest BCUT2D eigenvalue weighted by molar-refractivity contribution is 14.0. The van der Waals surface area contributed by atoms with E-state index in [4.69, 9.17) is 5.73 Å². The Morgan fingerprint density at radius 3 is 3.15 bits per heavy atom. The highest BCUT2D eigenvalue weighted by atomic mass is 127. The van der Waals surface area contributed by atoms with E-state index in [1.54, 1.807) is 12.3 Å². The van der Waals surface area contributed by atoms with Gasteiger partial charge in [-0.2, -0.15) is 0 Å². The highest BCUT2D eigenvalue weighted by Gasteiger charge is 1.94. The third kappa shape index (κ3) is 4.83. The van der Waals surface area contributed by atoms with E-state index in [1.807, 2.05) is 5.38 Å². The van der Waals surface area contributed by atoms with Crippen molar-refractivity contribution in [2.45, 2.75) is 0 Å². The summed E-state index contributed by atoms with van der Waals surface area (Å²) in [6.45, 7) is 4.04. The number of nitrogens with zero attached hydrogens (tertiary/aromatic N) is 2. The Balaban J connectivity index is 0.00000144. The molecule has 0 aliphatic heterocycles. The first-order valence-electron chi connectivity index (χ1n) is 3.40. The zero-order valence-corrected chi connectivity index (χ0v) is 10.1. The van der Waals surface area contributed by atoms with Gasteiger partial charge in [-0.25, -0.2) is 9.98 Å². The Morgan fingerprint density at radius 1 is 1.85 bits per heavy atom. The number of aromatic nitrogens is 1. The van der Waals surface area contributed by atoms with E-state index in [-0.39, 0.29) is 24.0 Å². The van der Waals surface area contributed by atoms with Gasteiger partial charge in [0, 0.05) is 11.6 Å². The minimum absolute atomic E-state index is 0. The molecule has 0 aromatic carbocycles. The Hall–Kier alpha value is -0.630. The molecular weight excluding hydrogens is 299 g/mol. The van der Waals surface area contributed by atoms with Crippen molar-refractivity contribution in [2.24, 2.45) is 10.7 Å². The molecule has 3 N–H and O–H groups in total. The van der Waals surface area contributed by atoms with Crippen LogP contribution in [-0.2, 0) is 0 Å². The van der Waals surface area contributed by atoms with Gasteiger partial charge in [-0.05, 0) is 0 Å². The molecule has 1 aromatic rings. The Bertz CT molecular complexity index is 270. The molecule has 0 amide bonds. The van der Waals surface area contributed by atoms with Gasteiger partial charge in [-0.15, -0.1) is 41.9 Å². The molecule has 72 valence electrons. The quantitative estimate of drug-likeness (QED) is 0.386. The van der Waals surface area contributed by atoms with E-state index in [1.165, 1.54) is 11.3 Å². The van der Waals surface area contributed by atoms with Crippen LogP contribution in [0.4, 0.5) is 5.13 Å². The molecule has 0 aliphatic carbocycles. The molecule has 0 atom stereocenters. The molecule has 0 saturated carbocycles. The standard InChI is InChI=1S/C7H10N4S.HI/c1-2-3-9-6(8)11-7-10-4-5-12-7;/h2,4-5H,1,3H2,(H3,8,9,10,11);1H. The number of hydrogen-bond donors (Lipinski definition) is 2. The van der Waals surface area contributed by atoms with Crippen LogP contribution in [0.2, 0.25) is 0 Å². The number of rotatable bonds is 3. The van der Waals surface area contributed by atoms with Gasteiger partial charge >= 0.3 is 0 Å². The minimum atomic E-state index is 0. The SMILES string of the molecule is C=CCN=C(N)Nc1nccs1.I. The normalized spacial score (nSPS) is 10.3. The summed E-state index contributed by atoms with van der Waals surface area (Å²) in [6, 6.07) is 0. The number of guanidine groups is 1. The first kappa shape index (κ1) is 12.4. The molecule has 0 bridgehead atoms. The smallest absolute Gasteiger partial charge is 0.195 e. The van der Waals surface area contributed by atoms with E-state index < -0.39 is 0 Å². The van der Waals surface area contributed by atoms with E-state index in [0.717, 1.165) is 5.13 Å².